The van der Waals surface area contributed by atoms with Crippen molar-refractivity contribution in [1.29, 1.82) is 0 Å². The van der Waals surface area contributed by atoms with Crippen LogP contribution >= 0.6 is 11.6 Å². The van der Waals surface area contributed by atoms with Gasteiger partial charge in [-0.3, -0.25) is 9.69 Å². The summed E-state index contributed by atoms with van der Waals surface area (Å²) in [4.78, 5) is 35.5. The molecule has 3 heterocycles. The van der Waals surface area contributed by atoms with Gasteiger partial charge in [-0.05, 0) is 30.7 Å². The quantitative estimate of drug-likeness (QED) is 0.728. The van der Waals surface area contributed by atoms with Crippen molar-refractivity contribution in [2.24, 2.45) is 0 Å². The molecule has 1 fully saturated rings. The second-order valence-electron chi connectivity index (χ2n) is 6.77. The van der Waals surface area contributed by atoms with Gasteiger partial charge in [0.25, 0.3) is 0 Å². The molecule has 1 saturated heterocycles. The molecule has 1 N–H and O–H groups in total. The van der Waals surface area contributed by atoms with Crippen molar-refractivity contribution >= 4 is 35.0 Å². The zero-order valence-corrected chi connectivity index (χ0v) is 16.7. The minimum atomic E-state index is -4.56. The van der Waals surface area contributed by atoms with Crippen LogP contribution in [0, 0.1) is 0 Å². The first-order chi connectivity index (χ1) is 14.2. The van der Waals surface area contributed by atoms with Crippen LogP contribution in [-0.2, 0) is 11.0 Å². The fraction of sp³-hybridized carbons (Fsp3) is 0.368. The van der Waals surface area contributed by atoms with Gasteiger partial charge in [0.1, 0.15) is 18.1 Å². The number of anilines is 2. The van der Waals surface area contributed by atoms with E-state index in [-0.39, 0.29) is 30.6 Å². The minimum absolute atomic E-state index is 0.220. The highest BCUT2D eigenvalue weighted by Crippen LogP contribution is 2.30. The number of carbonyl (C=O) groups is 2. The van der Waals surface area contributed by atoms with Crippen molar-refractivity contribution in [2.45, 2.75) is 32.0 Å². The number of alkyl halides is 3. The van der Waals surface area contributed by atoms with Gasteiger partial charge in [-0.1, -0.05) is 24.9 Å². The Balaban J connectivity index is 1.74. The Hall–Kier alpha value is -2.88. The second kappa shape index (κ2) is 8.86. The molecule has 30 heavy (non-hydrogen) atoms. The number of hydrogen-bond donors (Lipinski definition) is 1. The lowest BCUT2D eigenvalue weighted by molar-refractivity contribution is -0.141. The first-order valence-corrected chi connectivity index (χ1v) is 9.59. The Bertz CT molecular complexity index is 923. The molecule has 2 aromatic heterocycles. The van der Waals surface area contributed by atoms with E-state index in [4.69, 9.17) is 11.6 Å². The van der Waals surface area contributed by atoms with Crippen LogP contribution in [0.4, 0.5) is 29.5 Å². The summed E-state index contributed by atoms with van der Waals surface area (Å²) < 4.78 is 38.2. The van der Waals surface area contributed by atoms with Crippen LogP contribution < -0.4 is 10.2 Å². The largest absolute Gasteiger partial charge is 0.433 e. The van der Waals surface area contributed by atoms with Gasteiger partial charge in [-0.25, -0.2) is 14.8 Å². The minimum Gasteiger partial charge on any atom is -0.310 e. The summed E-state index contributed by atoms with van der Waals surface area (Å²) in [5, 5.41) is 2.99. The Morgan fingerprint density at radius 3 is 2.67 bits per heavy atom. The van der Waals surface area contributed by atoms with E-state index >= 15 is 0 Å². The van der Waals surface area contributed by atoms with Gasteiger partial charge in [0.2, 0.25) is 5.91 Å². The van der Waals surface area contributed by atoms with E-state index in [1.54, 1.807) is 6.07 Å². The summed E-state index contributed by atoms with van der Waals surface area (Å²) >= 11 is 5.87. The molecule has 2 aromatic rings. The molecule has 0 saturated carbocycles. The molecule has 1 aliphatic rings. The van der Waals surface area contributed by atoms with Crippen LogP contribution in [0.25, 0.3) is 0 Å². The van der Waals surface area contributed by atoms with Crippen LogP contribution in [0.15, 0.2) is 36.7 Å². The first-order valence-electron chi connectivity index (χ1n) is 9.22. The predicted molar refractivity (Wildman–Crippen MR) is 105 cm³/mol. The van der Waals surface area contributed by atoms with E-state index in [2.05, 4.69) is 15.3 Å². The zero-order valence-electron chi connectivity index (χ0n) is 16.0. The summed E-state index contributed by atoms with van der Waals surface area (Å²) in [5.74, 6) is -0.193. The van der Waals surface area contributed by atoms with E-state index < -0.39 is 23.8 Å². The smallest absolute Gasteiger partial charge is 0.310 e. The maximum atomic E-state index is 12.9. The van der Waals surface area contributed by atoms with E-state index in [0.717, 1.165) is 18.7 Å². The third kappa shape index (κ3) is 4.99. The summed E-state index contributed by atoms with van der Waals surface area (Å²) in [6.07, 6.45) is -0.692. The molecule has 0 bridgehead atoms. The standard InChI is InChI=1S/C19H19ClF3N5O2/c1-2-3-14-10-27(13-4-5-15(25-9-13)19(21,22)23)18(30)28(14)11-17(29)26-16-8-12(20)6-7-24-16/h4-9,14H,2-3,10-11H2,1H3,(H,24,26,29)/t14-/m0/s1. The van der Waals surface area contributed by atoms with Crippen LogP contribution in [0.5, 0.6) is 0 Å². The summed E-state index contributed by atoms with van der Waals surface area (Å²) in [6, 6.07) is 4.35. The normalized spacial score (nSPS) is 16.8. The number of amides is 3. The van der Waals surface area contributed by atoms with Gasteiger partial charge in [0, 0.05) is 17.8 Å². The van der Waals surface area contributed by atoms with Crippen LogP contribution in [0.1, 0.15) is 25.5 Å². The molecule has 160 valence electrons. The molecule has 0 aromatic carbocycles. The van der Waals surface area contributed by atoms with E-state index in [1.165, 1.54) is 28.1 Å². The second-order valence-corrected chi connectivity index (χ2v) is 7.21. The lowest BCUT2D eigenvalue weighted by Gasteiger charge is -2.22. The molecule has 0 spiro atoms. The van der Waals surface area contributed by atoms with Gasteiger partial charge in [0.15, 0.2) is 0 Å². The van der Waals surface area contributed by atoms with Crippen molar-refractivity contribution in [3.05, 3.63) is 47.4 Å². The Morgan fingerprint density at radius 1 is 1.30 bits per heavy atom. The van der Waals surface area contributed by atoms with Crippen molar-refractivity contribution in [2.75, 3.05) is 23.3 Å². The highest BCUT2D eigenvalue weighted by atomic mass is 35.5. The number of hydrogen-bond acceptors (Lipinski definition) is 4. The van der Waals surface area contributed by atoms with Crippen LogP contribution in [0.3, 0.4) is 0 Å². The molecule has 7 nitrogen and oxygen atoms in total. The summed E-state index contributed by atoms with van der Waals surface area (Å²) in [5.41, 5.74) is -0.790. The van der Waals surface area contributed by atoms with E-state index in [1.807, 2.05) is 6.92 Å². The number of nitrogens with one attached hydrogen (secondary N) is 1. The molecule has 11 heteroatoms. The van der Waals surface area contributed by atoms with Crippen molar-refractivity contribution in [3.63, 3.8) is 0 Å². The van der Waals surface area contributed by atoms with Gasteiger partial charge in [-0.15, -0.1) is 0 Å². The fourth-order valence-electron chi connectivity index (χ4n) is 3.22. The van der Waals surface area contributed by atoms with Crippen LogP contribution in [-0.4, -0.2) is 45.9 Å². The van der Waals surface area contributed by atoms with E-state index in [9.17, 15) is 22.8 Å². The van der Waals surface area contributed by atoms with Gasteiger partial charge in [-0.2, -0.15) is 13.2 Å². The fourth-order valence-corrected chi connectivity index (χ4v) is 3.37. The average molecular weight is 442 g/mol. The molecule has 3 rings (SSSR count). The molecular weight excluding hydrogens is 423 g/mol. The number of carbonyl (C=O) groups excluding carboxylic acids is 2. The van der Waals surface area contributed by atoms with Crippen molar-refractivity contribution in [3.8, 4) is 0 Å². The lowest BCUT2D eigenvalue weighted by Crippen LogP contribution is -2.41. The molecule has 1 aliphatic heterocycles. The van der Waals surface area contributed by atoms with Crippen molar-refractivity contribution < 1.29 is 22.8 Å². The van der Waals surface area contributed by atoms with Gasteiger partial charge in [0.05, 0.1) is 17.9 Å². The van der Waals surface area contributed by atoms with Gasteiger partial charge >= 0.3 is 12.2 Å². The summed E-state index contributed by atoms with van der Waals surface area (Å²) in [7, 11) is 0. The predicted octanol–water partition coefficient (Wildman–Crippen LogP) is 4.20. The monoisotopic (exact) mass is 441 g/mol. The topological polar surface area (TPSA) is 78.4 Å². The molecule has 0 aliphatic carbocycles. The number of pyridine rings is 2. The molecule has 1 atom stereocenters. The Labute approximate surface area is 175 Å². The molecule has 0 unspecified atom stereocenters. The Morgan fingerprint density at radius 2 is 2.07 bits per heavy atom. The lowest BCUT2D eigenvalue weighted by atomic mass is 10.1. The third-order valence-corrected chi connectivity index (χ3v) is 4.82. The number of halogens is 4. The zero-order chi connectivity index (χ0) is 21.9. The Kier molecular flexibility index (Phi) is 6.45. The molecule has 0 radical (unpaired) electrons. The van der Waals surface area contributed by atoms with E-state index in [0.29, 0.717) is 11.4 Å². The van der Waals surface area contributed by atoms with Gasteiger partial charge < -0.3 is 10.2 Å². The highest BCUT2D eigenvalue weighted by Gasteiger charge is 2.39. The molecular formula is C19H19ClF3N5O2. The highest BCUT2D eigenvalue weighted by molar-refractivity contribution is 6.30. The number of urea groups is 1. The molecule has 3 amide bonds. The number of rotatable bonds is 6. The first kappa shape index (κ1) is 21.8. The number of nitrogens with zero attached hydrogens (tertiary/aromatic N) is 4. The summed E-state index contributed by atoms with van der Waals surface area (Å²) in [6.45, 7) is 1.98. The SMILES string of the molecule is CCC[C@H]1CN(c2ccc(C(F)(F)F)nc2)C(=O)N1CC(=O)Nc1cc(Cl)ccn1. The maximum absolute atomic E-state index is 12.9. The van der Waals surface area contributed by atoms with Crippen molar-refractivity contribution in [1.82, 2.24) is 14.9 Å². The average Bonchev–Trinajstić information content (AvgIpc) is 2.97. The maximum Gasteiger partial charge on any atom is 0.433 e. The number of aromatic nitrogens is 2. The van der Waals surface area contributed by atoms with Crippen LogP contribution in [0.2, 0.25) is 5.02 Å². The third-order valence-electron chi connectivity index (χ3n) is 4.59.